The van der Waals surface area contributed by atoms with Crippen molar-refractivity contribution in [1.82, 2.24) is 14.9 Å². The van der Waals surface area contributed by atoms with Crippen LogP contribution in [0.1, 0.15) is 32.1 Å². The molecule has 26 heavy (non-hydrogen) atoms. The third kappa shape index (κ3) is 3.92. The molecule has 2 aliphatic heterocycles. The molecule has 0 unspecified atom stereocenters. The Bertz CT molecular complexity index is 606. The Morgan fingerprint density at radius 3 is 2.42 bits per heavy atom. The van der Waals surface area contributed by atoms with Crippen LogP contribution >= 0.6 is 0 Å². The Kier molecular flexibility index (Phi) is 5.53. The number of hydrogen-bond acceptors (Lipinski definition) is 6. The van der Waals surface area contributed by atoms with Gasteiger partial charge in [-0.3, -0.25) is 4.79 Å². The fourth-order valence-electron chi connectivity index (χ4n) is 4.19. The van der Waals surface area contributed by atoms with Crippen molar-refractivity contribution in [3.05, 3.63) is 12.3 Å². The molecule has 1 aromatic rings. The van der Waals surface area contributed by atoms with Gasteiger partial charge in [0.05, 0.1) is 13.2 Å². The van der Waals surface area contributed by atoms with Crippen LogP contribution in [0.4, 0.5) is 11.8 Å². The minimum absolute atomic E-state index is 0.266. The molecule has 0 radical (unpaired) electrons. The van der Waals surface area contributed by atoms with Crippen LogP contribution in [0.2, 0.25) is 0 Å². The zero-order valence-electron chi connectivity index (χ0n) is 15.5. The lowest BCUT2D eigenvalue weighted by atomic mass is 9.88. The fourth-order valence-corrected chi connectivity index (χ4v) is 4.19. The number of piperazine rings is 1. The van der Waals surface area contributed by atoms with Crippen molar-refractivity contribution in [3.8, 4) is 0 Å². The lowest BCUT2D eigenvalue weighted by Crippen LogP contribution is -2.51. The molecule has 1 aromatic heterocycles. The van der Waals surface area contributed by atoms with E-state index >= 15 is 0 Å². The molecule has 7 heteroatoms. The van der Waals surface area contributed by atoms with E-state index in [4.69, 9.17) is 9.72 Å². The zero-order valence-corrected chi connectivity index (χ0v) is 15.5. The van der Waals surface area contributed by atoms with Gasteiger partial charge in [0.1, 0.15) is 5.82 Å². The Morgan fingerprint density at radius 2 is 1.69 bits per heavy atom. The Labute approximate surface area is 155 Å². The molecule has 0 atom stereocenters. The summed E-state index contributed by atoms with van der Waals surface area (Å²) in [5.41, 5.74) is 0. The monoisotopic (exact) mass is 359 g/mol. The number of carbonyl (C=O) groups excluding carboxylic acids is 1. The van der Waals surface area contributed by atoms with Crippen molar-refractivity contribution < 1.29 is 9.53 Å². The predicted octanol–water partition coefficient (Wildman–Crippen LogP) is 1.54. The van der Waals surface area contributed by atoms with Gasteiger partial charge in [-0.05, 0) is 18.9 Å². The number of carbonyl (C=O) groups is 1. The van der Waals surface area contributed by atoms with Crippen molar-refractivity contribution in [2.24, 2.45) is 5.92 Å². The molecular formula is C19H29N5O2. The van der Waals surface area contributed by atoms with Crippen LogP contribution in [0.5, 0.6) is 0 Å². The maximum absolute atomic E-state index is 12.7. The predicted molar refractivity (Wildman–Crippen MR) is 100 cm³/mol. The average Bonchev–Trinajstić information content (AvgIpc) is 2.75. The summed E-state index contributed by atoms with van der Waals surface area (Å²) in [7, 11) is 0. The molecule has 2 saturated heterocycles. The van der Waals surface area contributed by atoms with Gasteiger partial charge in [0, 0.05) is 51.4 Å². The molecule has 7 nitrogen and oxygen atoms in total. The minimum Gasteiger partial charge on any atom is -0.378 e. The minimum atomic E-state index is 0.266. The van der Waals surface area contributed by atoms with Gasteiger partial charge in [-0.25, -0.2) is 4.98 Å². The number of anilines is 2. The lowest BCUT2D eigenvalue weighted by molar-refractivity contribution is -0.136. The first-order valence-electron chi connectivity index (χ1n) is 10.0. The SMILES string of the molecule is O=C(C1CCCCC1)N1CCN(c2ccnc(N3CCOCC3)n2)CC1. The van der Waals surface area contributed by atoms with Crippen LogP contribution in [0, 0.1) is 5.92 Å². The van der Waals surface area contributed by atoms with Gasteiger partial charge in [-0.15, -0.1) is 0 Å². The van der Waals surface area contributed by atoms with E-state index in [-0.39, 0.29) is 5.92 Å². The molecule has 0 N–H and O–H groups in total. The largest absolute Gasteiger partial charge is 0.378 e. The van der Waals surface area contributed by atoms with E-state index in [1.807, 2.05) is 12.3 Å². The number of ether oxygens (including phenoxy) is 1. The first kappa shape index (κ1) is 17.5. The van der Waals surface area contributed by atoms with Crippen molar-refractivity contribution in [2.75, 3.05) is 62.3 Å². The van der Waals surface area contributed by atoms with E-state index in [2.05, 4.69) is 19.7 Å². The number of rotatable bonds is 3. The summed E-state index contributed by atoms with van der Waals surface area (Å²) in [6.07, 6.45) is 7.70. The first-order valence-corrected chi connectivity index (χ1v) is 10.0. The lowest BCUT2D eigenvalue weighted by Gasteiger charge is -2.38. The number of aromatic nitrogens is 2. The van der Waals surface area contributed by atoms with Gasteiger partial charge in [-0.1, -0.05) is 19.3 Å². The number of hydrogen-bond donors (Lipinski definition) is 0. The van der Waals surface area contributed by atoms with Crippen molar-refractivity contribution >= 4 is 17.7 Å². The highest BCUT2D eigenvalue weighted by Crippen LogP contribution is 2.26. The van der Waals surface area contributed by atoms with Gasteiger partial charge in [0.2, 0.25) is 11.9 Å². The molecule has 4 rings (SSSR count). The summed E-state index contributed by atoms with van der Waals surface area (Å²) in [6, 6.07) is 1.97. The summed E-state index contributed by atoms with van der Waals surface area (Å²) >= 11 is 0. The van der Waals surface area contributed by atoms with Crippen molar-refractivity contribution in [3.63, 3.8) is 0 Å². The normalized spacial score (nSPS) is 22.5. The summed E-state index contributed by atoms with van der Waals surface area (Å²) in [4.78, 5) is 28.4. The number of amides is 1. The molecule has 3 heterocycles. The number of nitrogens with zero attached hydrogens (tertiary/aromatic N) is 5. The quantitative estimate of drug-likeness (QED) is 0.816. The van der Waals surface area contributed by atoms with Crippen LogP contribution in [0.3, 0.4) is 0 Å². The van der Waals surface area contributed by atoms with E-state index in [1.54, 1.807) is 0 Å². The molecule has 1 saturated carbocycles. The van der Waals surface area contributed by atoms with E-state index < -0.39 is 0 Å². The maximum atomic E-state index is 12.7. The molecule has 1 amide bonds. The third-order valence-electron chi connectivity index (χ3n) is 5.79. The second kappa shape index (κ2) is 8.20. The van der Waals surface area contributed by atoms with E-state index in [0.717, 1.165) is 77.1 Å². The second-order valence-electron chi connectivity index (χ2n) is 7.46. The molecule has 1 aliphatic carbocycles. The highest BCUT2D eigenvalue weighted by molar-refractivity contribution is 5.79. The van der Waals surface area contributed by atoms with Gasteiger partial charge < -0.3 is 19.4 Å². The Balaban J connectivity index is 1.35. The van der Waals surface area contributed by atoms with Crippen LogP contribution < -0.4 is 9.80 Å². The molecule has 0 bridgehead atoms. The van der Waals surface area contributed by atoms with E-state index in [1.165, 1.54) is 19.3 Å². The van der Waals surface area contributed by atoms with Gasteiger partial charge in [-0.2, -0.15) is 4.98 Å². The van der Waals surface area contributed by atoms with Crippen LogP contribution in [-0.2, 0) is 9.53 Å². The molecular weight excluding hydrogens is 330 g/mol. The van der Waals surface area contributed by atoms with Gasteiger partial charge in [0.15, 0.2) is 0 Å². The summed E-state index contributed by atoms with van der Waals surface area (Å²) < 4.78 is 5.41. The molecule has 0 spiro atoms. The molecule has 142 valence electrons. The summed E-state index contributed by atoms with van der Waals surface area (Å²) in [5.74, 6) is 2.39. The van der Waals surface area contributed by atoms with Gasteiger partial charge >= 0.3 is 0 Å². The first-order chi connectivity index (χ1) is 12.8. The van der Waals surface area contributed by atoms with Crippen molar-refractivity contribution in [1.29, 1.82) is 0 Å². The molecule has 0 aromatic carbocycles. The Morgan fingerprint density at radius 1 is 0.962 bits per heavy atom. The van der Waals surface area contributed by atoms with Crippen LogP contribution in [0.15, 0.2) is 12.3 Å². The Hall–Kier alpha value is -1.89. The fraction of sp³-hybridized carbons (Fsp3) is 0.737. The van der Waals surface area contributed by atoms with Crippen LogP contribution in [0.25, 0.3) is 0 Å². The third-order valence-corrected chi connectivity index (χ3v) is 5.79. The van der Waals surface area contributed by atoms with E-state index in [9.17, 15) is 4.79 Å². The number of morpholine rings is 1. The molecule has 3 aliphatic rings. The smallest absolute Gasteiger partial charge is 0.227 e. The van der Waals surface area contributed by atoms with E-state index in [0.29, 0.717) is 5.91 Å². The second-order valence-corrected chi connectivity index (χ2v) is 7.46. The maximum Gasteiger partial charge on any atom is 0.227 e. The summed E-state index contributed by atoms with van der Waals surface area (Å²) in [6.45, 7) is 6.43. The highest BCUT2D eigenvalue weighted by Gasteiger charge is 2.29. The standard InChI is InChI=1S/C19H29N5O2/c25-18(16-4-2-1-3-5-16)23-10-8-22(9-11-23)17-6-7-20-19(21-17)24-12-14-26-15-13-24/h6-7,16H,1-5,8-15H2. The van der Waals surface area contributed by atoms with Gasteiger partial charge in [0.25, 0.3) is 0 Å². The highest BCUT2D eigenvalue weighted by atomic mass is 16.5. The zero-order chi connectivity index (χ0) is 17.8. The van der Waals surface area contributed by atoms with Crippen molar-refractivity contribution in [2.45, 2.75) is 32.1 Å². The molecule has 3 fully saturated rings. The topological polar surface area (TPSA) is 61.8 Å². The van der Waals surface area contributed by atoms with Crippen LogP contribution in [-0.4, -0.2) is 73.3 Å². The average molecular weight is 359 g/mol. The summed E-state index contributed by atoms with van der Waals surface area (Å²) in [5, 5.41) is 0.